The van der Waals surface area contributed by atoms with E-state index in [0.717, 1.165) is 11.9 Å². The van der Waals surface area contributed by atoms with Crippen molar-refractivity contribution < 1.29 is 9.21 Å². The number of carbonyl (C=O) groups is 1. The summed E-state index contributed by atoms with van der Waals surface area (Å²) >= 11 is 11.8. The molecule has 168 valence electrons. The fourth-order valence-corrected chi connectivity index (χ4v) is 3.82. The number of aromatic nitrogens is 1. The normalized spacial score (nSPS) is 11.1. The Bertz CT molecular complexity index is 1330. The number of hydrogen-bond acceptors (Lipinski definition) is 4. The summed E-state index contributed by atoms with van der Waals surface area (Å²) in [5, 5.41) is 6.42. The number of nitrogens with zero attached hydrogens (tertiary/aromatic N) is 1. The molecule has 3 aromatic carbocycles. The zero-order chi connectivity index (χ0) is 23.5. The van der Waals surface area contributed by atoms with Crippen molar-refractivity contribution in [1.29, 1.82) is 0 Å². The standard InChI is InChI=1S/C26H24ClN3O2S/c1-4-16-5-7-17(8-6-16)24(31)30-26(33)28-19-10-11-21(27)20(14-19)25-29-22-13-18(15(2)3)9-12-23(22)32-25/h5-15H,4H2,1-3H3,(H2,28,30,31,33). The maximum Gasteiger partial charge on any atom is 0.257 e. The number of benzene rings is 3. The first-order chi connectivity index (χ1) is 15.8. The van der Waals surface area contributed by atoms with E-state index >= 15 is 0 Å². The molecule has 0 atom stereocenters. The van der Waals surface area contributed by atoms with Gasteiger partial charge in [0.05, 0.1) is 10.6 Å². The van der Waals surface area contributed by atoms with Crippen LogP contribution in [0.15, 0.2) is 65.1 Å². The Labute approximate surface area is 203 Å². The summed E-state index contributed by atoms with van der Waals surface area (Å²) in [4.78, 5) is 17.1. The number of carbonyl (C=O) groups excluding carboxylic acids is 1. The molecule has 7 heteroatoms. The zero-order valence-corrected chi connectivity index (χ0v) is 20.2. The van der Waals surface area contributed by atoms with E-state index in [4.69, 9.17) is 28.2 Å². The highest BCUT2D eigenvalue weighted by Crippen LogP contribution is 2.33. The summed E-state index contributed by atoms with van der Waals surface area (Å²) in [5.74, 6) is 0.543. The van der Waals surface area contributed by atoms with Crippen LogP contribution in [0.2, 0.25) is 5.02 Å². The van der Waals surface area contributed by atoms with Crippen LogP contribution in [0.4, 0.5) is 5.69 Å². The third-order valence-corrected chi connectivity index (χ3v) is 5.92. The molecule has 1 heterocycles. The number of amides is 1. The van der Waals surface area contributed by atoms with Gasteiger partial charge in [-0.2, -0.15) is 0 Å². The number of oxazole rings is 1. The smallest absolute Gasteiger partial charge is 0.257 e. The highest BCUT2D eigenvalue weighted by atomic mass is 35.5. The molecule has 4 aromatic rings. The lowest BCUT2D eigenvalue weighted by Crippen LogP contribution is -2.34. The minimum Gasteiger partial charge on any atom is -0.436 e. The van der Waals surface area contributed by atoms with E-state index in [1.807, 2.05) is 30.3 Å². The van der Waals surface area contributed by atoms with Crippen molar-refractivity contribution in [3.8, 4) is 11.5 Å². The number of thiocarbonyl (C=S) groups is 1. The molecule has 0 fully saturated rings. The quantitative estimate of drug-likeness (QED) is 0.304. The highest BCUT2D eigenvalue weighted by Gasteiger charge is 2.15. The summed E-state index contributed by atoms with van der Waals surface area (Å²) in [7, 11) is 0. The number of halogens is 1. The van der Waals surface area contributed by atoms with Gasteiger partial charge in [0.15, 0.2) is 10.7 Å². The Hall–Kier alpha value is -3.22. The van der Waals surface area contributed by atoms with Gasteiger partial charge in [-0.25, -0.2) is 4.98 Å². The van der Waals surface area contributed by atoms with Crippen LogP contribution >= 0.6 is 23.8 Å². The molecular formula is C26H24ClN3O2S. The Kier molecular flexibility index (Phi) is 6.77. The van der Waals surface area contributed by atoms with Crippen LogP contribution in [0.3, 0.4) is 0 Å². The maximum atomic E-state index is 12.5. The summed E-state index contributed by atoms with van der Waals surface area (Å²) in [6.45, 7) is 6.34. The van der Waals surface area contributed by atoms with E-state index in [9.17, 15) is 4.79 Å². The van der Waals surface area contributed by atoms with E-state index < -0.39 is 0 Å². The molecular weight excluding hydrogens is 454 g/mol. The molecule has 0 aliphatic rings. The number of anilines is 1. The topological polar surface area (TPSA) is 67.2 Å². The monoisotopic (exact) mass is 477 g/mol. The van der Waals surface area contributed by atoms with Gasteiger partial charge in [0.25, 0.3) is 5.91 Å². The second-order valence-corrected chi connectivity index (χ2v) is 8.87. The molecule has 1 aromatic heterocycles. The summed E-state index contributed by atoms with van der Waals surface area (Å²) in [6.07, 6.45) is 0.916. The molecule has 0 bridgehead atoms. The van der Waals surface area contributed by atoms with Crippen LogP contribution in [0.1, 0.15) is 48.2 Å². The summed E-state index contributed by atoms with van der Waals surface area (Å²) in [6, 6.07) is 18.7. The van der Waals surface area contributed by atoms with E-state index in [0.29, 0.717) is 39.2 Å². The van der Waals surface area contributed by atoms with Gasteiger partial charge in [-0.3, -0.25) is 10.1 Å². The average Bonchev–Trinajstić information content (AvgIpc) is 3.23. The fraction of sp³-hybridized carbons (Fsp3) is 0.192. The predicted octanol–water partition coefficient (Wildman–Crippen LogP) is 6.96. The summed E-state index contributed by atoms with van der Waals surface area (Å²) < 4.78 is 5.94. The van der Waals surface area contributed by atoms with Crippen molar-refractivity contribution in [3.05, 3.63) is 82.4 Å². The van der Waals surface area contributed by atoms with Gasteiger partial charge in [0.2, 0.25) is 5.89 Å². The third-order valence-electron chi connectivity index (χ3n) is 5.38. The largest absolute Gasteiger partial charge is 0.436 e. The second-order valence-electron chi connectivity index (χ2n) is 8.05. The van der Waals surface area contributed by atoms with Gasteiger partial charge in [-0.05, 0) is 78.1 Å². The SMILES string of the molecule is CCc1ccc(C(=O)NC(=S)Nc2ccc(Cl)c(-c3nc4cc(C(C)C)ccc4o3)c2)cc1. The van der Waals surface area contributed by atoms with E-state index in [2.05, 4.69) is 36.4 Å². The number of hydrogen-bond donors (Lipinski definition) is 2. The lowest BCUT2D eigenvalue weighted by molar-refractivity contribution is 0.0977. The van der Waals surface area contributed by atoms with E-state index in [-0.39, 0.29) is 11.0 Å². The van der Waals surface area contributed by atoms with Gasteiger partial charge in [-0.1, -0.05) is 50.6 Å². The molecule has 2 N–H and O–H groups in total. The van der Waals surface area contributed by atoms with Crippen LogP contribution < -0.4 is 10.6 Å². The minimum atomic E-state index is -0.274. The van der Waals surface area contributed by atoms with E-state index in [1.54, 1.807) is 30.3 Å². The first kappa shape index (κ1) is 23.0. The number of nitrogens with one attached hydrogen (secondary N) is 2. The predicted molar refractivity (Wildman–Crippen MR) is 138 cm³/mol. The molecule has 0 aliphatic heterocycles. The number of aryl methyl sites for hydroxylation is 1. The second kappa shape index (κ2) is 9.73. The first-order valence-electron chi connectivity index (χ1n) is 10.8. The van der Waals surface area contributed by atoms with Crippen LogP contribution in [0, 0.1) is 0 Å². The lowest BCUT2D eigenvalue weighted by Gasteiger charge is -2.11. The van der Waals surface area contributed by atoms with Crippen molar-refractivity contribution in [1.82, 2.24) is 10.3 Å². The van der Waals surface area contributed by atoms with Crippen molar-refractivity contribution in [2.24, 2.45) is 0 Å². The Balaban J connectivity index is 1.51. The maximum absolute atomic E-state index is 12.5. The van der Waals surface area contributed by atoms with Crippen molar-refractivity contribution >= 4 is 51.6 Å². The highest BCUT2D eigenvalue weighted by molar-refractivity contribution is 7.80. The first-order valence-corrected chi connectivity index (χ1v) is 11.5. The molecule has 1 amide bonds. The lowest BCUT2D eigenvalue weighted by atomic mass is 10.0. The number of fused-ring (bicyclic) bond motifs is 1. The van der Waals surface area contributed by atoms with Gasteiger partial charge < -0.3 is 9.73 Å². The minimum absolute atomic E-state index is 0.187. The molecule has 0 saturated carbocycles. The van der Waals surface area contributed by atoms with Crippen LogP contribution in [0.25, 0.3) is 22.6 Å². The molecule has 0 aliphatic carbocycles. The summed E-state index contributed by atoms with van der Waals surface area (Å²) in [5.41, 5.74) is 5.66. The molecule has 33 heavy (non-hydrogen) atoms. The van der Waals surface area contributed by atoms with Crippen molar-refractivity contribution in [2.75, 3.05) is 5.32 Å². The molecule has 4 rings (SSSR count). The molecule has 0 radical (unpaired) electrons. The van der Waals surface area contributed by atoms with Crippen molar-refractivity contribution in [3.63, 3.8) is 0 Å². The van der Waals surface area contributed by atoms with Gasteiger partial charge >= 0.3 is 0 Å². The Morgan fingerprint density at radius 1 is 1.09 bits per heavy atom. The van der Waals surface area contributed by atoms with Crippen LogP contribution in [0.5, 0.6) is 0 Å². The average molecular weight is 478 g/mol. The Morgan fingerprint density at radius 3 is 2.55 bits per heavy atom. The Morgan fingerprint density at radius 2 is 1.85 bits per heavy atom. The molecule has 0 saturated heterocycles. The fourth-order valence-electron chi connectivity index (χ4n) is 3.42. The van der Waals surface area contributed by atoms with Crippen LogP contribution in [-0.4, -0.2) is 16.0 Å². The zero-order valence-electron chi connectivity index (χ0n) is 18.6. The van der Waals surface area contributed by atoms with Crippen molar-refractivity contribution in [2.45, 2.75) is 33.1 Å². The molecule has 0 spiro atoms. The van der Waals surface area contributed by atoms with Gasteiger partial charge in [0, 0.05) is 11.3 Å². The molecule has 0 unspecified atom stereocenters. The third kappa shape index (κ3) is 5.24. The van der Waals surface area contributed by atoms with E-state index in [1.165, 1.54) is 11.1 Å². The van der Waals surface area contributed by atoms with Crippen LogP contribution in [-0.2, 0) is 6.42 Å². The van der Waals surface area contributed by atoms with Gasteiger partial charge in [0.1, 0.15) is 5.52 Å². The number of rotatable bonds is 5. The molecule has 5 nitrogen and oxygen atoms in total. The van der Waals surface area contributed by atoms with Gasteiger partial charge in [-0.15, -0.1) is 0 Å².